The molecular weight excluding hydrogens is 506 g/mol. The average Bonchev–Trinajstić information content (AvgIpc) is 2.98. The van der Waals surface area contributed by atoms with Crippen molar-refractivity contribution in [3.05, 3.63) is 142 Å². The highest BCUT2D eigenvalue weighted by Crippen LogP contribution is 2.26. The molecule has 0 fully saturated rings. The third-order valence-corrected chi connectivity index (χ3v) is 7.27. The zero-order chi connectivity index (χ0) is 29.2. The van der Waals surface area contributed by atoms with Gasteiger partial charge >= 0.3 is 5.97 Å². The summed E-state index contributed by atoms with van der Waals surface area (Å²) < 4.78 is 6.25. The molecule has 0 aliphatic carbocycles. The quantitative estimate of drug-likeness (QED) is 0.206. The zero-order valence-corrected chi connectivity index (χ0v) is 24.0. The number of para-hydroxylation sites is 1. The van der Waals surface area contributed by atoms with Gasteiger partial charge in [0.2, 0.25) is 0 Å². The third-order valence-electron chi connectivity index (χ3n) is 7.27. The summed E-state index contributed by atoms with van der Waals surface area (Å²) in [5.41, 5.74) is 6.78. The van der Waals surface area contributed by atoms with E-state index in [1.165, 1.54) is 11.1 Å². The number of hydrogen-bond donors (Lipinski definition) is 1. The van der Waals surface area contributed by atoms with Crippen molar-refractivity contribution in [1.29, 1.82) is 5.26 Å². The standard InChI is InChI=1S/C37H37NO3/c1-37(2,3)34-22-17-31(18-23-34)26-41-35-7-5-4-6-32(35)19-14-28(11-8-27-9-12-30(25-38)13-10-27)24-29-15-20-33(21-16-29)36(39)40/h4-7,9-10,12-23,28H,8,11,24,26H2,1-3H3,(H,39,40)/b19-14+. The van der Waals surface area contributed by atoms with Crippen LogP contribution in [0.25, 0.3) is 6.08 Å². The summed E-state index contributed by atoms with van der Waals surface area (Å²) in [5.74, 6) is 0.134. The lowest BCUT2D eigenvalue weighted by atomic mass is 9.87. The summed E-state index contributed by atoms with van der Waals surface area (Å²) in [4.78, 5) is 11.3. The van der Waals surface area contributed by atoms with Gasteiger partial charge < -0.3 is 9.84 Å². The lowest BCUT2D eigenvalue weighted by molar-refractivity contribution is 0.0697. The molecule has 0 saturated heterocycles. The van der Waals surface area contributed by atoms with E-state index in [0.717, 1.165) is 41.7 Å². The number of carboxylic acids is 1. The largest absolute Gasteiger partial charge is 0.488 e. The number of carbonyl (C=O) groups is 1. The minimum absolute atomic E-state index is 0.117. The molecule has 41 heavy (non-hydrogen) atoms. The first-order chi connectivity index (χ1) is 19.7. The summed E-state index contributed by atoms with van der Waals surface area (Å²) >= 11 is 0. The lowest BCUT2D eigenvalue weighted by Gasteiger charge is -2.19. The van der Waals surface area contributed by atoms with E-state index in [1.54, 1.807) is 12.1 Å². The number of aryl methyl sites for hydroxylation is 1. The summed E-state index contributed by atoms with van der Waals surface area (Å²) in [6.45, 7) is 7.13. The van der Waals surface area contributed by atoms with Crippen molar-refractivity contribution in [3.63, 3.8) is 0 Å². The van der Waals surface area contributed by atoms with E-state index in [9.17, 15) is 9.90 Å². The van der Waals surface area contributed by atoms with E-state index in [2.05, 4.69) is 69.3 Å². The second kappa shape index (κ2) is 13.6. The molecule has 0 aliphatic rings. The summed E-state index contributed by atoms with van der Waals surface area (Å²) in [6, 6.07) is 33.7. The minimum Gasteiger partial charge on any atom is -0.488 e. The molecule has 0 bridgehead atoms. The Morgan fingerprint density at radius 1 is 0.878 bits per heavy atom. The molecule has 0 heterocycles. The van der Waals surface area contributed by atoms with Crippen molar-refractivity contribution >= 4 is 12.0 Å². The highest BCUT2D eigenvalue weighted by Gasteiger charge is 2.13. The first kappa shape index (κ1) is 29.4. The second-order valence-electron chi connectivity index (χ2n) is 11.4. The maximum absolute atomic E-state index is 11.3. The number of nitriles is 1. The van der Waals surface area contributed by atoms with Gasteiger partial charge in [-0.3, -0.25) is 0 Å². The normalized spacial score (nSPS) is 12.1. The molecule has 4 nitrogen and oxygen atoms in total. The maximum Gasteiger partial charge on any atom is 0.335 e. The van der Waals surface area contributed by atoms with Crippen LogP contribution in [0.3, 0.4) is 0 Å². The van der Waals surface area contributed by atoms with Crippen LogP contribution in [0.5, 0.6) is 5.75 Å². The van der Waals surface area contributed by atoms with Gasteiger partial charge in [0.1, 0.15) is 12.4 Å². The fraction of sp³-hybridized carbons (Fsp3) is 0.243. The number of aromatic carboxylic acids is 1. The maximum atomic E-state index is 11.3. The van der Waals surface area contributed by atoms with Crippen LogP contribution in [0, 0.1) is 17.2 Å². The Morgan fingerprint density at radius 2 is 1.51 bits per heavy atom. The molecule has 208 valence electrons. The lowest BCUT2D eigenvalue weighted by Crippen LogP contribution is -2.10. The van der Waals surface area contributed by atoms with Crippen LogP contribution in [-0.4, -0.2) is 11.1 Å². The molecule has 0 radical (unpaired) electrons. The third kappa shape index (κ3) is 8.68. The summed E-state index contributed by atoms with van der Waals surface area (Å²) in [6.07, 6.45) is 6.93. The Bertz CT molecular complexity index is 1500. The summed E-state index contributed by atoms with van der Waals surface area (Å²) in [7, 11) is 0. The highest BCUT2D eigenvalue weighted by molar-refractivity contribution is 5.87. The van der Waals surface area contributed by atoms with Gasteiger partial charge in [-0.1, -0.05) is 99.7 Å². The van der Waals surface area contributed by atoms with Gasteiger partial charge in [-0.2, -0.15) is 5.26 Å². The molecule has 1 atom stereocenters. The molecule has 1 unspecified atom stereocenters. The van der Waals surface area contributed by atoms with Gasteiger partial charge in [-0.25, -0.2) is 4.79 Å². The van der Waals surface area contributed by atoms with Crippen LogP contribution in [0.15, 0.2) is 103 Å². The molecule has 4 aromatic rings. The van der Waals surface area contributed by atoms with Crippen molar-refractivity contribution in [1.82, 2.24) is 0 Å². The van der Waals surface area contributed by atoms with Gasteiger partial charge in [0.05, 0.1) is 17.2 Å². The molecule has 1 N–H and O–H groups in total. The van der Waals surface area contributed by atoms with Gasteiger partial charge in [0.25, 0.3) is 0 Å². The second-order valence-corrected chi connectivity index (χ2v) is 11.4. The predicted octanol–water partition coefficient (Wildman–Crippen LogP) is 8.64. The van der Waals surface area contributed by atoms with Crippen LogP contribution in [0.2, 0.25) is 0 Å². The van der Waals surface area contributed by atoms with E-state index in [0.29, 0.717) is 12.2 Å². The topological polar surface area (TPSA) is 70.3 Å². The van der Waals surface area contributed by atoms with Gasteiger partial charge in [0.15, 0.2) is 0 Å². The van der Waals surface area contributed by atoms with Crippen molar-refractivity contribution < 1.29 is 14.6 Å². The van der Waals surface area contributed by atoms with E-state index >= 15 is 0 Å². The van der Waals surface area contributed by atoms with Crippen LogP contribution in [0.1, 0.15) is 70.9 Å². The van der Waals surface area contributed by atoms with Crippen LogP contribution in [-0.2, 0) is 24.9 Å². The molecule has 4 aromatic carbocycles. The number of allylic oxidation sites excluding steroid dienone is 1. The molecule has 0 spiro atoms. The Hall–Kier alpha value is -4.62. The number of ether oxygens (including phenoxy) is 1. The monoisotopic (exact) mass is 543 g/mol. The van der Waals surface area contributed by atoms with E-state index in [4.69, 9.17) is 10.00 Å². The molecule has 4 heteroatoms. The fourth-order valence-electron chi connectivity index (χ4n) is 4.70. The smallest absolute Gasteiger partial charge is 0.335 e. The predicted molar refractivity (Wildman–Crippen MR) is 165 cm³/mol. The Kier molecular flexibility index (Phi) is 9.77. The number of nitrogens with zero attached hydrogens (tertiary/aromatic N) is 1. The Labute approximate surface area is 243 Å². The minimum atomic E-state index is -0.921. The van der Waals surface area contributed by atoms with Gasteiger partial charge in [-0.05, 0) is 83.2 Å². The number of benzene rings is 4. The number of rotatable bonds is 11. The van der Waals surface area contributed by atoms with Crippen molar-refractivity contribution in [2.75, 3.05) is 0 Å². The van der Waals surface area contributed by atoms with Crippen molar-refractivity contribution in [3.8, 4) is 11.8 Å². The van der Waals surface area contributed by atoms with E-state index in [1.807, 2.05) is 54.6 Å². The molecule has 0 amide bonds. The Morgan fingerprint density at radius 3 is 2.15 bits per heavy atom. The first-order valence-electron chi connectivity index (χ1n) is 14.0. The SMILES string of the molecule is CC(C)(C)c1ccc(COc2ccccc2/C=C/C(CCc2ccc(C#N)cc2)Cc2ccc(C(=O)O)cc2)cc1. The molecular formula is C37H37NO3. The zero-order valence-electron chi connectivity index (χ0n) is 24.0. The van der Waals surface area contributed by atoms with Gasteiger partial charge in [-0.15, -0.1) is 0 Å². The number of hydrogen-bond acceptors (Lipinski definition) is 3. The van der Waals surface area contributed by atoms with Crippen molar-refractivity contribution in [2.45, 2.75) is 52.1 Å². The highest BCUT2D eigenvalue weighted by atomic mass is 16.5. The van der Waals surface area contributed by atoms with Crippen LogP contribution >= 0.6 is 0 Å². The van der Waals surface area contributed by atoms with E-state index in [-0.39, 0.29) is 16.9 Å². The molecule has 0 aliphatic heterocycles. The first-order valence-corrected chi connectivity index (χ1v) is 14.0. The Balaban J connectivity index is 1.49. The molecule has 0 aromatic heterocycles. The summed E-state index contributed by atoms with van der Waals surface area (Å²) in [5, 5.41) is 18.4. The fourth-order valence-corrected chi connectivity index (χ4v) is 4.70. The van der Waals surface area contributed by atoms with Crippen molar-refractivity contribution in [2.24, 2.45) is 5.92 Å². The molecule has 4 rings (SSSR count). The van der Waals surface area contributed by atoms with E-state index < -0.39 is 5.97 Å². The van der Waals surface area contributed by atoms with Crippen LogP contribution in [0.4, 0.5) is 0 Å². The van der Waals surface area contributed by atoms with Crippen LogP contribution < -0.4 is 4.74 Å². The molecule has 0 saturated carbocycles. The number of carboxylic acid groups (broad SMARTS) is 1. The average molecular weight is 544 g/mol. The van der Waals surface area contributed by atoms with Gasteiger partial charge in [0, 0.05) is 5.56 Å².